The van der Waals surface area contributed by atoms with Gasteiger partial charge in [0, 0.05) is 0 Å². The van der Waals surface area contributed by atoms with Gasteiger partial charge in [-0.25, -0.2) is 0 Å². The predicted molar refractivity (Wildman–Crippen MR) is 49.1 cm³/mol. The van der Waals surface area contributed by atoms with E-state index in [0.717, 1.165) is 12.8 Å². The van der Waals surface area contributed by atoms with Crippen LogP contribution in [0.3, 0.4) is 0 Å². The predicted octanol–water partition coefficient (Wildman–Crippen LogP) is 2.11. The first kappa shape index (κ1) is 10.0. The van der Waals surface area contributed by atoms with Crippen molar-refractivity contribution >= 4 is 0 Å². The Kier molecular flexibility index (Phi) is 4.62. The van der Waals surface area contributed by atoms with Crippen LogP contribution in [-0.4, -0.2) is 23.9 Å². The van der Waals surface area contributed by atoms with Gasteiger partial charge in [0.2, 0.25) is 0 Å². The highest BCUT2D eigenvalue weighted by Crippen LogP contribution is 2.19. The molecule has 0 aromatic rings. The maximum atomic E-state index is 9.00. The fourth-order valence-electron chi connectivity index (χ4n) is 1.76. The lowest BCUT2D eigenvalue weighted by molar-refractivity contribution is -0.0548. The van der Waals surface area contributed by atoms with Gasteiger partial charge in [0.1, 0.15) is 0 Å². The molecule has 1 N–H and O–H groups in total. The number of aliphatic hydroxyl groups is 1. The average molecular weight is 172 g/mol. The normalized spacial score (nSPS) is 32.5. The van der Waals surface area contributed by atoms with E-state index in [2.05, 4.69) is 6.92 Å². The molecule has 0 spiro atoms. The molecule has 2 heteroatoms. The van der Waals surface area contributed by atoms with E-state index in [-0.39, 0.29) is 12.7 Å². The third-order valence-corrected chi connectivity index (χ3v) is 2.60. The second-order valence-corrected chi connectivity index (χ2v) is 3.61. The maximum Gasteiger partial charge on any atom is 0.0809 e. The zero-order valence-electron chi connectivity index (χ0n) is 7.96. The minimum atomic E-state index is 0.107. The van der Waals surface area contributed by atoms with E-state index in [1.165, 1.54) is 25.7 Å². The third-order valence-electron chi connectivity index (χ3n) is 2.60. The van der Waals surface area contributed by atoms with Crippen LogP contribution < -0.4 is 0 Å². The summed E-state index contributed by atoms with van der Waals surface area (Å²) in [6.07, 6.45) is 7.59. The zero-order valence-corrected chi connectivity index (χ0v) is 7.96. The average Bonchev–Trinajstić information content (AvgIpc) is 2.05. The Morgan fingerprint density at radius 3 is 2.42 bits per heavy atom. The van der Waals surface area contributed by atoms with Gasteiger partial charge in [-0.2, -0.15) is 0 Å². The summed E-state index contributed by atoms with van der Waals surface area (Å²) in [5, 5.41) is 9.00. The van der Waals surface area contributed by atoms with E-state index in [4.69, 9.17) is 9.84 Å². The molecule has 0 unspecified atom stereocenters. The lowest BCUT2D eigenvalue weighted by atomic mass is 10.0. The van der Waals surface area contributed by atoms with Crippen LogP contribution in [0.4, 0.5) is 0 Å². The van der Waals surface area contributed by atoms with Crippen molar-refractivity contribution in [3.05, 3.63) is 0 Å². The standard InChI is InChI=1S/C10H20O2/c1-2-9-6-4-3-5-7-10(8-11)12-9/h9-11H,2-8H2,1H3/t9-,10-/m0/s1. The summed E-state index contributed by atoms with van der Waals surface area (Å²) in [5.74, 6) is 0. The lowest BCUT2D eigenvalue weighted by Gasteiger charge is -2.25. The quantitative estimate of drug-likeness (QED) is 0.691. The van der Waals surface area contributed by atoms with E-state index >= 15 is 0 Å². The Morgan fingerprint density at radius 1 is 1.17 bits per heavy atom. The van der Waals surface area contributed by atoms with Crippen LogP contribution in [0.25, 0.3) is 0 Å². The monoisotopic (exact) mass is 172 g/mol. The van der Waals surface area contributed by atoms with E-state index in [9.17, 15) is 0 Å². The molecule has 0 radical (unpaired) electrons. The van der Waals surface area contributed by atoms with Gasteiger partial charge in [0.25, 0.3) is 0 Å². The van der Waals surface area contributed by atoms with Crippen molar-refractivity contribution in [2.24, 2.45) is 0 Å². The summed E-state index contributed by atoms with van der Waals surface area (Å²) in [4.78, 5) is 0. The highest BCUT2D eigenvalue weighted by atomic mass is 16.5. The summed E-state index contributed by atoms with van der Waals surface area (Å²) in [5.41, 5.74) is 0. The van der Waals surface area contributed by atoms with Gasteiger partial charge in [-0.15, -0.1) is 0 Å². The molecule has 0 bridgehead atoms. The summed E-state index contributed by atoms with van der Waals surface area (Å²) in [7, 11) is 0. The molecule has 1 aliphatic rings. The Morgan fingerprint density at radius 2 is 1.83 bits per heavy atom. The fourth-order valence-corrected chi connectivity index (χ4v) is 1.76. The Bertz CT molecular complexity index is 102. The zero-order chi connectivity index (χ0) is 8.81. The van der Waals surface area contributed by atoms with Crippen LogP contribution in [0, 0.1) is 0 Å². The topological polar surface area (TPSA) is 29.5 Å². The van der Waals surface area contributed by atoms with Crippen molar-refractivity contribution in [1.82, 2.24) is 0 Å². The molecule has 12 heavy (non-hydrogen) atoms. The summed E-state index contributed by atoms with van der Waals surface area (Å²) < 4.78 is 5.74. The van der Waals surface area contributed by atoms with Crippen molar-refractivity contribution in [3.8, 4) is 0 Å². The minimum absolute atomic E-state index is 0.107. The number of hydrogen-bond donors (Lipinski definition) is 1. The molecule has 0 aromatic carbocycles. The fraction of sp³-hybridized carbons (Fsp3) is 1.00. The first-order valence-corrected chi connectivity index (χ1v) is 5.13. The van der Waals surface area contributed by atoms with Crippen molar-refractivity contribution < 1.29 is 9.84 Å². The van der Waals surface area contributed by atoms with Crippen LogP contribution in [0.5, 0.6) is 0 Å². The molecule has 1 rings (SSSR count). The number of rotatable bonds is 2. The molecule has 1 saturated heterocycles. The van der Waals surface area contributed by atoms with Crippen molar-refractivity contribution in [1.29, 1.82) is 0 Å². The molecule has 0 aromatic heterocycles. The van der Waals surface area contributed by atoms with Crippen LogP contribution in [0.1, 0.15) is 45.4 Å². The molecular weight excluding hydrogens is 152 g/mol. The van der Waals surface area contributed by atoms with E-state index in [1.54, 1.807) is 0 Å². The second-order valence-electron chi connectivity index (χ2n) is 3.61. The third kappa shape index (κ3) is 3.11. The minimum Gasteiger partial charge on any atom is -0.394 e. The molecular formula is C10H20O2. The van der Waals surface area contributed by atoms with Crippen molar-refractivity contribution in [3.63, 3.8) is 0 Å². The molecule has 1 aliphatic heterocycles. The van der Waals surface area contributed by atoms with Gasteiger partial charge in [-0.05, 0) is 19.3 Å². The number of hydrogen-bond acceptors (Lipinski definition) is 2. The second kappa shape index (κ2) is 5.55. The molecule has 1 heterocycles. The van der Waals surface area contributed by atoms with Crippen molar-refractivity contribution in [2.75, 3.05) is 6.61 Å². The van der Waals surface area contributed by atoms with Gasteiger partial charge in [-0.3, -0.25) is 0 Å². The number of ether oxygens (including phenoxy) is 1. The molecule has 2 nitrogen and oxygen atoms in total. The maximum absolute atomic E-state index is 9.00. The van der Waals surface area contributed by atoms with Crippen LogP contribution in [0.2, 0.25) is 0 Å². The number of aliphatic hydroxyl groups excluding tert-OH is 1. The first-order chi connectivity index (χ1) is 5.86. The highest BCUT2D eigenvalue weighted by molar-refractivity contribution is 4.66. The Hall–Kier alpha value is -0.0800. The SMILES string of the molecule is CC[C@H]1CCCCC[C@@H](CO)O1. The molecule has 2 atom stereocenters. The molecule has 72 valence electrons. The van der Waals surface area contributed by atoms with Gasteiger partial charge in [-0.1, -0.05) is 26.2 Å². The van der Waals surface area contributed by atoms with Crippen molar-refractivity contribution in [2.45, 2.75) is 57.7 Å². The molecule has 0 aliphatic carbocycles. The Labute approximate surface area is 74.9 Å². The summed E-state index contributed by atoms with van der Waals surface area (Å²) in [6, 6.07) is 0. The van der Waals surface area contributed by atoms with Gasteiger partial charge in [0.15, 0.2) is 0 Å². The van der Waals surface area contributed by atoms with E-state index in [0.29, 0.717) is 6.10 Å². The van der Waals surface area contributed by atoms with Crippen LogP contribution in [-0.2, 0) is 4.74 Å². The van der Waals surface area contributed by atoms with Crippen LogP contribution >= 0.6 is 0 Å². The molecule has 0 amide bonds. The van der Waals surface area contributed by atoms with Gasteiger partial charge in [0.05, 0.1) is 18.8 Å². The molecule has 0 saturated carbocycles. The Balaban J connectivity index is 2.33. The first-order valence-electron chi connectivity index (χ1n) is 5.13. The summed E-state index contributed by atoms with van der Waals surface area (Å²) in [6.45, 7) is 2.34. The highest BCUT2D eigenvalue weighted by Gasteiger charge is 2.16. The van der Waals surface area contributed by atoms with Crippen LogP contribution in [0.15, 0.2) is 0 Å². The molecule has 1 fully saturated rings. The smallest absolute Gasteiger partial charge is 0.0809 e. The lowest BCUT2D eigenvalue weighted by Crippen LogP contribution is -2.26. The van der Waals surface area contributed by atoms with Gasteiger partial charge < -0.3 is 9.84 Å². The van der Waals surface area contributed by atoms with Gasteiger partial charge >= 0.3 is 0 Å². The summed E-state index contributed by atoms with van der Waals surface area (Å²) >= 11 is 0. The van der Waals surface area contributed by atoms with E-state index in [1.807, 2.05) is 0 Å². The largest absolute Gasteiger partial charge is 0.394 e. The van der Waals surface area contributed by atoms with E-state index < -0.39 is 0 Å².